The average Bonchev–Trinajstić information content (AvgIpc) is 2.86. The lowest BCUT2D eigenvalue weighted by molar-refractivity contribution is -0.00321. The summed E-state index contributed by atoms with van der Waals surface area (Å²) in [6.45, 7) is 5.68. The van der Waals surface area contributed by atoms with E-state index in [9.17, 15) is 8.78 Å². The number of unbranched alkanes of at least 4 members (excludes halogenated alkanes) is 1. The Morgan fingerprint density at radius 3 is 2.00 bits per heavy atom. The summed E-state index contributed by atoms with van der Waals surface area (Å²) >= 11 is 0. The van der Waals surface area contributed by atoms with Gasteiger partial charge in [-0.2, -0.15) is 8.78 Å². The second-order valence-corrected chi connectivity index (χ2v) is 11.0. The molecule has 0 radical (unpaired) electrons. The highest BCUT2D eigenvalue weighted by molar-refractivity contribution is 5.35. The van der Waals surface area contributed by atoms with Gasteiger partial charge >= 0.3 is 0 Å². The molecule has 0 saturated heterocycles. The van der Waals surface area contributed by atoms with E-state index in [0.29, 0.717) is 25.2 Å². The molecule has 1 aromatic carbocycles. The van der Waals surface area contributed by atoms with Crippen LogP contribution in [0.4, 0.5) is 8.78 Å². The molecule has 4 atom stereocenters. The maximum absolute atomic E-state index is 14.3. The third-order valence-corrected chi connectivity index (χ3v) is 8.79. The Bertz CT molecular complexity index is 762. The van der Waals surface area contributed by atoms with Crippen molar-refractivity contribution in [1.29, 1.82) is 0 Å². The number of rotatable bonds is 10. The number of ether oxygens (including phenoxy) is 3. The van der Waals surface area contributed by atoms with Gasteiger partial charge in [-0.25, -0.2) is 0 Å². The Morgan fingerprint density at radius 1 is 0.735 bits per heavy atom. The van der Waals surface area contributed by atoms with Gasteiger partial charge in [-0.1, -0.05) is 13.3 Å². The average molecular weight is 479 g/mol. The molecule has 0 aromatic heterocycles. The molecule has 4 unspecified atom stereocenters. The summed E-state index contributed by atoms with van der Waals surface area (Å²) in [5.74, 6) is 1.89. The Morgan fingerprint density at radius 2 is 1.32 bits per heavy atom. The van der Waals surface area contributed by atoms with E-state index < -0.39 is 11.6 Å². The van der Waals surface area contributed by atoms with Crippen LogP contribution >= 0.6 is 0 Å². The molecule has 3 fully saturated rings. The Balaban J connectivity index is 1.20. The quantitative estimate of drug-likeness (QED) is 0.319. The first-order chi connectivity index (χ1) is 16.6. The topological polar surface area (TPSA) is 27.7 Å². The first-order valence-electron chi connectivity index (χ1n) is 13.9. The largest absolute Gasteiger partial charge is 0.491 e. The van der Waals surface area contributed by atoms with Crippen molar-refractivity contribution in [2.24, 2.45) is 29.6 Å². The van der Waals surface area contributed by atoms with Gasteiger partial charge in [0.1, 0.15) is 0 Å². The monoisotopic (exact) mass is 478 g/mol. The van der Waals surface area contributed by atoms with Crippen molar-refractivity contribution in [3.05, 3.63) is 23.8 Å². The van der Waals surface area contributed by atoms with Crippen LogP contribution in [0.3, 0.4) is 0 Å². The van der Waals surface area contributed by atoms with Crippen molar-refractivity contribution in [2.75, 3.05) is 19.8 Å². The van der Waals surface area contributed by atoms with E-state index in [1.165, 1.54) is 76.3 Å². The van der Waals surface area contributed by atoms with Crippen molar-refractivity contribution in [1.82, 2.24) is 0 Å². The van der Waals surface area contributed by atoms with Gasteiger partial charge in [0.15, 0.2) is 11.5 Å². The van der Waals surface area contributed by atoms with Gasteiger partial charge in [-0.05, 0) is 119 Å². The molecule has 5 heteroatoms. The molecular weight excluding hydrogens is 434 g/mol. The van der Waals surface area contributed by atoms with Gasteiger partial charge in [0.2, 0.25) is 11.6 Å². The van der Waals surface area contributed by atoms with Crippen LogP contribution in [0.1, 0.15) is 90.9 Å². The standard InChI is InChI=1S/C29H44F2O3/c1-3-5-16-33-25-12-10-21(11-13-25)23-9-8-22-17-20(6-7-24(22)18-23)19-34-27-15-14-26(32-4-2)28(30)29(27)31/h14-15,20-25H,3-13,16-19H2,1-2H3. The van der Waals surface area contributed by atoms with Gasteiger partial charge < -0.3 is 14.2 Å². The van der Waals surface area contributed by atoms with Crippen molar-refractivity contribution < 1.29 is 23.0 Å². The van der Waals surface area contributed by atoms with Crippen LogP contribution < -0.4 is 9.47 Å². The third kappa shape index (κ3) is 6.44. The van der Waals surface area contributed by atoms with Crippen LogP contribution in [-0.2, 0) is 4.74 Å². The Labute approximate surface area is 204 Å². The van der Waals surface area contributed by atoms with Crippen molar-refractivity contribution >= 4 is 0 Å². The first-order valence-corrected chi connectivity index (χ1v) is 13.9. The zero-order chi connectivity index (χ0) is 23.9. The smallest absolute Gasteiger partial charge is 0.204 e. The molecular formula is C29H44F2O3. The maximum Gasteiger partial charge on any atom is 0.204 e. The van der Waals surface area contributed by atoms with Crippen LogP contribution in [0, 0.1) is 41.2 Å². The summed E-state index contributed by atoms with van der Waals surface area (Å²) in [4.78, 5) is 0. The second kappa shape index (κ2) is 12.6. The molecule has 0 aliphatic heterocycles. The number of fused-ring (bicyclic) bond motifs is 1. The van der Waals surface area contributed by atoms with Gasteiger partial charge in [0.05, 0.1) is 19.3 Å². The number of hydrogen-bond acceptors (Lipinski definition) is 3. The molecule has 3 aliphatic carbocycles. The van der Waals surface area contributed by atoms with E-state index >= 15 is 0 Å². The highest BCUT2D eigenvalue weighted by Gasteiger charge is 2.39. The first kappa shape index (κ1) is 25.7. The summed E-state index contributed by atoms with van der Waals surface area (Å²) in [6, 6.07) is 2.95. The predicted octanol–water partition coefficient (Wildman–Crippen LogP) is 7.95. The minimum absolute atomic E-state index is 0.000983. The fraction of sp³-hybridized carbons (Fsp3) is 0.793. The van der Waals surface area contributed by atoms with Crippen molar-refractivity contribution in [3.8, 4) is 11.5 Å². The molecule has 3 saturated carbocycles. The number of halogens is 2. The highest BCUT2D eigenvalue weighted by atomic mass is 19.2. The minimum atomic E-state index is -0.956. The van der Waals surface area contributed by atoms with Gasteiger partial charge in [0.25, 0.3) is 0 Å². The van der Waals surface area contributed by atoms with Crippen molar-refractivity contribution in [3.63, 3.8) is 0 Å². The Hall–Kier alpha value is -1.36. The van der Waals surface area contributed by atoms with Crippen LogP contribution in [0.5, 0.6) is 11.5 Å². The van der Waals surface area contributed by atoms with Crippen LogP contribution in [0.25, 0.3) is 0 Å². The van der Waals surface area contributed by atoms with E-state index in [1.807, 2.05) is 0 Å². The molecule has 0 bridgehead atoms. The normalized spacial score (nSPS) is 31.6. The van der Waals surface area contributed by atoms with E-state index in [-0.39, 0.29) is 11.5 Å². The molecule has 34 heavy (non-hydrogen) atoms. The molecule has 3 nitrogen and oxygen atoms in total. The van der Waals surface area contributed by atoms with E-state index in [1.54, 1.807) is 6.92 Å². The molecule has 0 N–H and O–H groups in total. The lowest BCUT2D eigenvalue weighted by atomic mass is 9.61. The van der Waals surface area contributed by atoms with E-state index in [0.717, 1.165) is 43.1 Å². The second-order valence-electron chi connectivity index (χ2n) is 11.0. The molecule has 0 spiro atoms. The molecule has 192 valence electrons. The molecule has 0 heterocycles. The molecule has 1 aromatic rings. The number of hydrogen-bond donors (Lipinski definition) is 0. The summed E-state index contributed by atoms with van der Waals surface area (Å²) in [5, 5.41) is 0. The van der Waals surface area contributed by atoms with Gasteiger partial charge in [-0.3, -0.25) is 0 Å². The van der Waals surface area contributed by atoms with E-state index in [2.05, 4.69) is 6.92 Å². The van der Waals surface area contributed by atoms with Gasteiger partial charge in [0, 0.05) is 6.61 Å². The highest BCUT2D eigenvalue weighted by Crippen LogP contribution is 2.49. The SMILES string of the molecule is CCCCOC1CCC(C2CCC3CC(COc4ccc(OCC)c(F)c4F)CCC3C2)CC1. The summed E-state index contributed by atoms with van der Waals surface area (Å²) in [5.41, 5.74) is 0. The fourth-order valence-corrected chi connectivity index (χ4v) is 6.82. The number of benzene rings is 1. The molecule has 4 rings (SSSR count). The van der Waals surface area contributed by atoms with Gasteiger partial charge in [-0.15, -0.1) is 0 Å². The molecule has 3 aliphatic rings. The Kier molecular flexibility index (Phi) is 9.50. The molecule has 0 amide bonds. The zero-order valence-corrected chi connectivity index (χ0v) is 21.2. The summed E-state index contributed by atoms with van der Waals surface area (Å²) in [6.07, 6.45) is 15.7. The van der Waals surface area contributed by atoms with Crippen LogP contribution in [-0.4, -0.2) is 25.9 Å². The van der Waals surface area contributed by atoms with Crippen LogP contribution in [0.15, 0.2) is 12.1 Å². The fourth-order valence-electron chi connectivity index (χ4n) is 6.82. The lowest BCUT2D eigenvalue weighted by Gasteiger charge is -2.45. The maximum atomic E-state index is 14.3. The van der Waals surface area contributed by atoms with E-state index in [4.69, 9.17) is 14.2 Å². The third-order valence-electron chi connectivity index (χ3n) is 8.79. The lowest BCUT2D eigenvalue weighted by Crippen LogP contribution is -2.36. The summed E-state index contributed by atoms with van der Waals surface area (Å²) < 4.78 is 45.4. The zero-order valence-electron chi connectivity index (χ0n) is 21.2. The van der Waals surface area contributed by atoms with Crippen LogP contribution in [0.2, 0.25) is 0 Å². The minimum Gasteiger partial charge on any atom is -0.491 e. The summed E-state index contributed by atoms with van der Waals surface area (Å²) in [7, 11) is 0. The van der Waals surface area contributed by atoms with Crippen molar-refractivity contribution in [2.45, 2.75) is 97.0 Å². The predicted molar refractivity (Wildman–Crippen MR) is 131 cm³/mol.